The lowest BCUT2D eigenvalue weighted by Gasteiger charge is -2.10. The Hall–Kier alpha value is -3.16. The zero-order valence-electron chi connectivity index (χ0n) is 14.1. The Morgan fingerprint density at radius 2 is 2.04 bits per heavy atom. The van der Waals surface area contributed by atoms with Crippen molar-refractivity contribution in [1.82, 2.24) is 15.0 Å². The molecular weight excluding hydrogens is 324 g/mol. The number of aryl methyl sites for hydroxylation is 1. The van der Waals surface area contributed by atoms with E-state index in [-0.39, 0.29) is 5.82 Å². The van der Waals surface area contributed by atoms with E-state index in [1.54, 1.807) is 32.3 Å². The van der Waals surface area contributed by atoms with Crippen molar-refractivity contribution in [3.63, 3.8) is 0 Å². The number of aliphatic carboxylic acids is 1. The van der Waals surface area contributed by atoms with Gasteiger partial charge in [0.1, 0.15) is 0 Å². The average molecular weight is 342 g/mol. The van der Waals surface area contributed by atoms with Gasteiger partial charge in [0.25, 0.3) is 0 Å². The van der Waals surface area contributed by atoms with Crippen molar-refractivity contribution in [1.29, 1.82) is 0 Å². The zero-order valence-corrected chi connectivity index (χ0v) is 14.1. The predicted octanol–water partition coefficient (Wildman–Crippen LogP) is 2.20. The fraction of sp³-hybridized carbons (Fsp3) is 0.294. The zero-order chi connectivity index (χ0) is 18.4. The third kappa shape index (κ3) is 4.90. The number of carboxylic acid groups (broad SMARTS) is 1. The van der Waals surface area contributed by atoms with Crippen LogP contribution in [0.1, 0.15) is 19.4 Å². The van der Waals surface area contributed by atoms with Crippen LogP contribution in [0, 0.1) is 12.8 Å². The third-order valence-corrected chi connectivity index (χ3v) is 3.13. The molecule has 2 aromatic heterocycles. The van der Waals surface area contributed by atoms with Crippen molar-refractivity contribution in [2.24, 2.45) is 10.9 Å². The summed E-state index contributed by atoms with van der Waals surface area (Å²) in [6, 6.07) is 3.29. The second-order valence-electron chi connectivity index (χ2n) is 5.51. The number of carbonyl (C=O) groups excluding carboxylic acids is 1. The molecule has 0 radical (unpaired) electrons. The highest BCUT2D eigenvalue weighted by atomic mass is 16.5. The summed E-state index contributed by atoms with van der Waals surface area (Å²) in [5, 5.41) is 9.17. The minimum Gasteiger partial charge on any atom is -0.480 e. The van der Waals surface area contributed by atoms with Crippen molar-refractivity contribution in [2.75, 3.05) is 0 Å². The molecule has 8 nitrogen and oxygen atoms in total. The lowest BCUT2D eigenvalue weighted by molar-refractivity contribution is -0.157. The molecule has 0 saturated carbocycles. The van der Waals surface area contributed by atoms with Crippen molar-refractivity contribution in [3.8, 4) is 11.4 Å². The maximum Gasteiger partial charge on any atom is 0.326 e. The molecule has 2 rings (SSSR count). The number of esters is 1. The van der Waals surface area contributed by atoms with Crippen LogP contribution >= 0.6 is 0 Å². The maximum absolute atomic E-state index is 11.8. The van der Waals surface area contributed by atoms with Crippen molar-refractivity contribution in [2.45, 2.75) is 26.9 Å². The molecule has 0 aliphatic heterocycles. The van der Waals surface area contributed by atoms with E-state index in [0.29, 0.717) is 5.82 Å². The molecule has 1 N–H and O–H groups in total. The first-order chi connectivity index (χ1) is 11.9. The smallest absolute Gasteiger partial charge is 0.326 e. The van der Waals surface area contributed by atoms with Crippen molar-refractivity contribution < 1.29 is 19.4 Å². The van der Waals surface area contributed by atoms with E-state index in [2.05, 4.69) is 19.9 Å². The SMILES string of the molecule is Cc1cnccc1-c1nccc(N=CC(C(=O)O)C(=O)OC(C)C)n1. The predicted molar refractivity (Wildman–Crippen MR) is 90.5 cm³/mol. The fourth-order valence-electron chi connectivity index (χ4n) is 1.96. The molecule has 0 spiro atoms. The second-order valence-corrected chi connectivity index (χ2v) is 5.51. The summed E-state index contributed by atoms with van der Waals surface area (Å²) in [5.74, 6) is -3.03. The molecule has 2 aromatic rings. The monoisotopic (exact) mass is 342 g/mol. The van der Waals surface area contributed by atoms with E-state index in [9.17, 15) is 14.7 Å². The van der Waals surface area contributed by atoms with Gasteiger partial charge in [-0.25, -0.2) is 15.0 Å². The van der Waals surface area contributed by atoms with Gasteiger partial charge in [0, 0.05) is 36.4 Å². The number of pyridine rings is 1. The van der Waals surface area contributed by atoms with Gasteiger partial charge in [-0.1, -0.05) is 0 Å². The molecule has 0 saturated heterocycles. The molecule has 0 aromatic carbocycles. The topological polar surface area (TPSA) is 115 Å². The number of carbonyl (C=O) groups is 2. The van der Waals surface area contributed by atoms with Crippen molar-refractivity contribution >= 4 is 24.0 Å². The summed E-state index contributed by atoms with van der Waals surface area (Å²) >= 11 is 0. The fourth-order valence-corrected chi connectivity index (χ4v) is 1.96. The molecule has 2 heterocycles. The highest BCUT2D eigenvalue weighted by Gasteiger charge is 2.26. The van der Waals surface area contributed by atoms with Gasteiger partial charge in [0.15, 0.2) is 17.6 Å². The lowest BCUT2D eigenvalue weighted by atomic mass is 10.1. The number of aliphatic imine (C=N–C) groups is 1. The Kier molecular flexibility index (Phi) is 5.89. The summed E-state index contributed by atoms with van der Waals surface area (Å²) in [6.45, 7) is 5.16. The van der Waals surface area contributed by atoms with E-state index >= 15 is 0 Å². The van der Waals surface area contributed by atoms with Gasteiger partial charge in [-0.15, -0.1) is 0 Å². The molecule has 0 fully saturated rings. The minimum atomic E-state index is -1.50. The number of rotatable bonds is 6. The molecule has 1 unspecified atom stereocenters. The van der Waals surface area contributed by atoms with Crippen LogP contribution in [0.5, 0.6) is 0 Å². The first-order valence-corrected chi connectivity index (χ1v) is 7.60. The van der Waals surface area contributed by atoms with Crippen LogP contribution in [0.4, 0.5) is 5.82 Å². The van der Waals surface area contributed by atoms with Gasteiger partial charge in [-0.3, -0.25) is 14.6 Å². The van der Waals surface area contributed by atoms with Crippen LogP contribution in [-0.2, 0) is 14.3 Å². The first kappa shape index (κ1) is 18.2. The molecule has 0 amide bonds. The number of ether oxygens (including phenoxy) is 1. The summed E-state index contributed by atoms with van der Waals surface area (Å²) in [4.78, 5) is 39.5. The standard InChI is InChI=1S/C17H18N4O4/c1-10(2)25-17(24)13(16(22)23)9-20-14-5-7-19-15(21-14)12-4-6-18-8-11(12)3/h4-10,13H,1-3H3,(H,22,23). The molecule has 0 aliphatic carbocycles. The molecule has 0 bridgehead atoms. The lowest BCUT2D eigenvalue weighted by Crippen LogP contribution is -2.29. The molecular formula is C17H18N4O4. The van der Waals surface area contributed by atoms with Gasteiger partial charge < -0.3 is 9.84 Å². The molecule has 1 atom stereocenters. The van der Waals surface area contributed by atoms with Crippen LogP contribution < -0.4 is 0 Å². The van der Waals surface area contributed by atoms with E-state index in [1.807, 2.05) is 6.92 Å². The van der Waals surface area contributed by atoms with Gasteiger partial charge >= 0.3 is 11.9 Å². The number of hydrogen-bond acceptors (Lipinski definition) is 7. The second kappa shape index (κ2) is 8.09. The highest BCUT2D eigenvalue weighted by molar-refractivity contribution is 6.08. The third-order valence-electron chi connectivity index (χ3n) is 3.13. The Morgan fingerprint density at radius 3 is 2.68 bits per heavy atom. The van der Waals surface area contributed by atoms with E-state index in [0.717, 1.165) is 17.3 Å². The highest BCUT2D eigenvalue weighted by Crippen LogP contribution is 2.20. The summed E-state index contributed by atoms with van der Waals surface area (Å²) in [7, 11) is 0. The van der Waals surface area contributed by atoms with E-state index in [4.69, 9.17) is 4.74 Å². The van der Waals surface area contributed by atoms with Crippen LogP contribution in [0.3, 0.4) is 0 Å². The largest absolute Gasteiger partial charge is 0.480 e. The van der Waals surface area contributed by atoms with Crippen molar-refractivity contribution in [3.05, 3.63) is 36.3 Å². The number of aromatic nitrogens is 3. The Morgan fingerprint density at radius 1 is 1.28 bits per heavy atom. The average Bonchev–Trinajstić information content (AvgIpc) is 2.54. The van der Waals surface area contributed by atoms with Crippen LogP contribution in [-0.4, -0.2) is 44.3 Å². The molecule has 0 aliphatic rings. The Balaban J connectivity index is 2.25. The molecule has 130 valence electrons. The normalized spacial score (nSPS) is 12.3. The Labute approximate surface area is 144 Å². The van der Waals surface area contributed by atoms with E-state index in [1.165, 1.54) is 12.3 Å². The maximum atomic E-state index is 11.8. The number of carboxylic acids is 1. The minimum absolute atomic E-state index is 0.241. The first-order valence-electron chi connectivity index (χ1n) is 7.60. The molecule has 8 heteroatoms. The number of hydrogen-bond donors (Lipinski definition) is 1. The quantitative estimate of drug-likeness (QED) is 0.486. The molecule has 25 heavy (non-hydrogen) atoms. The summed E-state index contributed by atoms with van der Waals surface area (Å²) in [5.41, 5.74) is 1.69. The Bertz CT molecular complexity index is 805. The van der Waals surface area contributed by atoms with Crippen LogP contribution in [0.15, 0.2) is 35.7 Å². The van der Waals surface area contributed by atoms with Crippen LogP contribution in [0.25, 0.3) is 11.4 Å². The summed E-state index contributed by atoms with van der Waals surface area (Å²) in [6.07, 6.45) is 5.43. The summed E-state index contributed by atoms with van der Waals surface area (Å²) < 4.78 is 4.92. The van der Waals surface area contributed by atoms with Crippen LogP contribution in [0.2, 0.25) is 0 Å². The van der Waals surface area contributed by atoms with Gasteiger partial charge in [-0.05, 0) is 32.4 Å². The van der Waals surface area contributed by atoms with Gasteiger partial charge in [-0.2, -0.15) is 0 Å². The van der Waals surface area contributed by atoms with Gasteiger partial charge in [0.2, 0.25) is 0 Å². The van der Waals surface area contributed by atoms with E-state index < -0.39 is 24.0 Å². The number of nitrogens with zero attached hydrogens (tertiary/aromatic N) is 4. The van der Waals surface area contributed by atoms with Gasteiger partial charge in [0.05, 0.1) is 6.10 Å².